The van der Waals surface area contributed by atoms with Crippen molar-refractivity contribution in [1.29, 1.82) is 0 Å². The van der Waals surface area contributed by atoms with Crippen molar-refractivity contribution >= 4 is 5.91 Å². The minimum atomic E-state index is 0.135. The van der Waals surface area contributed by atoms with Gasteiger partial charge in [-0.05, 0) is 50.3 Å². The fourth-order valence-electron chi connectivity index (χ4n) is 2.56. The molecule has 0 aromatic heterocycles. The molecule has 1 aliphatic carbocycles. The van der Waals surface area contributed by atoms with E-state index in [0.717, 1.165) is 24.2 Å². The number of aryl methyl sites for hydroxylation is 1. The maximum atomic E-state index is 12.3. The van der Waals surface area contributed by atoms with Crippen molar-refractivity contribution in [2.24, 2.45) is 0 Å². The third-order valence-corrected chi connectivity index (χ3v) is 3.97. The molecule has 0 radical (unpaired) electrons. The Morgan fingerprint density at radius 3 is 2.86 bits per heavy atom. The molecule has 116 valence electrons. The molecule has 0 bridgehead atoms. The van der Waals surface area contributed by atoms with Crippen molar-refractivity contribution in [1.82, 2.24) is 4.90 Å². The lowest BCUT2D eigenvalue weighted by molar-refractivity contribution is -0.136. The second-order valence-corrected chi connectivity index (χ2v) is 5.66. The van der Waals surface area contributed by atoms with E-state index in [1.165, 1.54) is 6.42 Å². The topological polar surface area (TPSA) is 49.8 Å². The van der Waals surface area contributed by atoms with Crippen molar-refractivity contribution in [2.45, 2.75) is 45.1 Å². The normalized spacial score (nSPS) is 14.6. The number of aliphatic hydroxyl groups is 1. The molecular weight excluding hydrogens is 266 g/mol. The highest BCUT2D eigenvalue weighted by molar-refractivity contribution is 5.76. The van der Waals surface area contributed by atoms with Gasteiger partial charge in [0.2, 0.25) is 5.91 Å². The Morgan fingerprint density at radius 1 is 1.43 bits per heavy atom. The van der Waals surface area contributed by atoms with Crippen molar-refractivity contribution < 1.29 is 14.6 Å². The van der Waals surface area contributed by atoms with Crippen LogP contribution in [0.25, 0.3) is 0 Å². The first-order valence-electron chi connectivity index (χ1n) is 7.80. The summed E-state index contributed by atoms with van der Waals surface area (Å²) in [4.78, 5) is 14.2. The SMILES string of the molecule is Cc1cccc(OCCC(=O)N(CCCO)C2CCC2)c1. The van der Waals surface area contributed by atoms with Crippen LogP contribution in [0, 0.1) is 6.92 Å². The Bertz CT molecular complexity index is 457. The van der Waals surface area contributed by atoms with Gasteiger partial charge in [0.1, 0.15) is 5.75 Å². The molecule has 1 aliphatic rings. The third kappa shape index (κ3) is 4.74. The average molecular weight is 291 g/mol. The quantitative estimate of drug-likeness (QED) is 0.800. The van der Waals surface area contributed by atoms with Crippen LogP contribution in [0.5, 0.6) is 5.75 Å². The first-order chi connectivity index (χ1) is 10.2. The number of benzene rings is 1. The van der Waals surface area contributed by atoms with Crippen molar-refractivity contribution in [2.75, 3.05) is 19.8 Å². The number of amides is 1. The maximum Gasteiger partial charge on any atom is 0.226 e. The predicted molar refractivity (Wildman–Crippen MR) is 82.3 cm³/mol. The van der Waals surface area contributed by atoms with Gasteiger partial charge in [-0.2, -0.15) is 0 Å². The van der Waals surface area contributed by atoms with Gasteiger partial charge in [0.05, 0.1) is 13.0 Å². The Balaban J connectivity index is 1.78. The van der Waals surface area contributed by atoms with E-state index in [1.54, 1.807) is 0 Å². The van der Waals surface area contributed by atoms with E-state index in [9.17, 15) is 4.79 Å². The zero-order valence-electron chi connectivity index (χ0n) is 12.8. The molecule has 0 atom stereocenters. The summed E-state index contributed by atoms with van der Waals surface area (Å²) < 4.78 is 5.65. The van der Waals surface area contributed by atoms with Gasteiger partial charge in [0.15, 0.2) is 0 Å². The number of hydrogen-bond donors (Lipinski definition) is 1. The summed E-state index contributed by atoms with van der Waals surface area (Å²) in [6.45, 7) is 3.22. The monoisotopic (exact) mass is 291 g/mol. The molecule has 4 nitrogen and oxygen atoms in total. The lowest BCUT2D eigenvalue weighted by Gasteiger charge is -2.37. The molecule has 0 unspecified atom stereocenters. The first kappa shape index (κ1) is 15.8. The van der Waals surface area contributed by atoms with Crippen LogP contribution >= 0.6 is 0 Å². The van der Waals surface area contributed by atoms with Gasteiger partial charge in [-0.1, -0.05) is 12.1 Å². The van der Waals surface area contributed by atoms with Crippen LogP contribution in [0.1, 0.15) is 37.7 Å². The lowest BCUT2D eigenvalue weighted by Crippen LogP contribution is -2.45. The molecule has 1 aromatic carbocycles. The molecule has 0 heterocycles. The predicted octanol–water partition coefficient (Wildman–Crippen LogP) is 2.53. The molecule has 1 saturated carbocycles. The van der Waals surface area contributed by atoms with E-state index >= 15 is 0 Å². The van der Waals surface area contributed by atoms with Crippen LogP contribution in [-0.4, -0.2) is 41.7 Å². The minimum Gasteiger partial charge on any atom is -0.493 e. The Kier molecular flexibility index (Phi) is 6.05. The molecule has 0 aliphatic heterocycles. The van der Waals surface area contributed by atoms with E-state index in [1.807, 2.05) is 36.1 Å². The number of carbonyl (C=O) groups is 1. The fourth-order valence-corrected chi connectivity index (χ4v) is 2.56. The van der Waals surface area contributed by atoms with E-state index < -0.39 is 0 Å². The van der Waals surface area contributed by atoms with E-state index in [0.29, 0.717) is 32.0 Å². The van der Waals surface area contributed by atoms with Gasteiger partial charge in [-0.25, -0.2) is 0 Å². The number of rotatable bonds is 8. The summed E-state index contributed by atoms with van der Waals surface area (Å²) in [5, 5.41) is 8.96. The van der Waals surface area contributed by atoms with E-state index in [-0.39, 0.29) is 12.5 Å². The third-order valence-electron chi connectivity index (χ3n) is 3.97. The summed E-state index contributed by atoms with van der Waals surface area (Å²) in [5.74, 6) is 0.953. The number of aliphatic hydroxyl groups excluding tert-OH is 1. The molecule has 1 N–H and O–H groups in total. The lowest BCUT2D eigenvalue weighted by atomic mass is 9.91. The second kappa shape index (κ2) is 8.03. The summed E-state index contributed by atoms with van der Waals surface area (Å²) in [6, 6.07) is 8.23. The van der Waals surface area contributed by atoms with Gasteiger partial charge in [0, 0.05) is 19.2 Å². The average Bonchev–Trinajstić information content (AvgIpc) is 2.41. The minimum absolute atomic E-state index is 0.135. The fraction of sp³-hybridized carbons (Fsp3) is 0.588. The van der Waals surface area contributed by atoms with Crippen LogP contribution in [0.2, 0.25) is 0 Å². The highest BCUT2D eigenvalue weighted by Gasteiger charge is 2.27. The van der Waals surface area contributed by atoms with Crippen molar-refractivity contribution in [3.63, 3.8) is 0 Å². The van der Waals surface area contributed by atoms with Crippen molar-refractivity contribution in [3.8, 4) is 5.75 Å². The Hall–Kier alpha value is -1.55. The summed E-state index contributed by atoms with van der Waals surface area (Å²) >= 11 is 0. The molecule has 2 rings (SSSR count). The largest absolute Gasteiger partial charge is 0.493 e. The molecule has 21 heavy (non-hydrogen) atoms. The smallest absolute Gasteiger partial charge is 0.226 e. The maximum absolute atomic E-state index is 12.3. The zero-order valence-corrected chi connectivity index (χ0v) is 12.8. The van der Waals surface area contributed by atoms with Gasteiger partial charge < -0.3 is 14.7 Å². The number of ether oxygens (including phenoxy) is 1. The molecular formula is C17H25NO3. The number of nitrogens with zero attached hydrogens (tertiary/aromatic N) is 1. The van der Waals surface area contributed by atoms with Gasteiger partial charge in [-0.3, -0.25) is 4.79 Å². The second-order valence-electron chi connectivity index (χ2n) is 5.66. The van der Waals surface area contributed by atoms with Crippen LogP contribution in [0.4, 0.5) is 0 Å². The summed E-state index contributed by atoms with van der Waals surface area (Å²) in [7, 11) is 0. The number of carbonyl (C=O) groups excluding carboxylic acids is 1. The van der Waals surface area contributed by atoms with Gasteiger partial charge >= 0.3 is 0 Å². The summed E-state index contributed by atoms with van der Waals surface area (Å²) in [5.41, 5.74) is 1.15. The highest BCUT2D eigenvalue weighted by atomic mass is 16.5. The molecule has 1 amide bonds. The molecule has 0 spiro atoms. The van der Waals surface area contributed by atoms with Crippen LogP contribution in [0.3, 0.4) is 0 Å². The molecule has 1 fully saturated rings. The summed E-state index contributed by atoms with van der Waals surface area (Å²) in [6.07, 6.45) is 4.44. The molecule has 0 saturated heterocycles. The van der Waals surface area contributed by atoms with Gasteiger partial charge in [-0.15, -0.1) is 0 Å². The van der Waals surface area contributed by atoms with E-state index in [2.05, 4.69) is 0 Å². The number of hydrogen-bond acceptors (Lipinski definition) is 3. The highest BCUT2D eigenvalue weighted by Crippen LogP contribution is 2.25. The van der Waals surface area contributed by atoms with Crippen molar-refractivity contribution in [3.05, 3.63) is 29.8 Å². The Labute approximate surface area is 126 Å². The first-order valence-corrected chi connectivity index (χ1v) is 7.80. The van der Waals surface area contributed by atoms with Gasteiger partial charge in [0.25, 0.3) is 0 Å². The van der Waals surface area contributed by atoms with Crippen LogP contribution in [0.15, 0.2) is 24.3 Å². The molecule has 1 aromatic rings. The standard InChI is InChI=1S/C17H25NO3/c1-14-5-2-8-16(13-14)21-12-9-17(20)18(10-4-11-19)15-6-3-7-15/h2,5,8,13,15,19H,3-4,6-7,9-12H2,1H3. The van der Waals surface area contributed by atoms with Crippen LogP contribution in [-0.2, 0) is 4.79 Å². The molecule has 4 heteroatoms. The Morgan fingerprint density at radius 2 is 2.24 bits per heavy atom. The van der Waals surface area contributed by atoms with Crippen LogP contribution < -0.4 is 4.74 Å². The van der Waals surface area contributed by atoms with E-state index in [4.69, 9.17) is 9.84 Å². The zero-order chi connectivity index (χ0) is 15.1.